The third-order valence-electron chi connectivity index (χ3n) is 5.52. The van der Waals surface area contributed by atoms with Crippen molar-refractivity contribution in [3.63, 3.8) is 0 Å². The minimum Gasteiger partial charge on any atom is -0.501 e. The first-order valence-electron chi connectivity index (χ1n) is 9.82. The number of aliphatic hydroxyl groups excluding tert-OH is 1. The fourth-order valence-electron chi connectivity index (χ4n) is 3.95. The van der Waals surface area contributed by atoms with Gasteiger partial charge in [-0.05, 0) is 36.2 Å². The summed E-state index contributed by atoms with van der Waals surface area (Å²) in [5, 5.41) is 36.9. The number of fused-ring (bicyclic) bond motifs is 1. The summed E-state index contributed by atoms with van der Waals surface area (Å²) in [6, 6.07) is 15.0. The average molecular weight is 446 g/mol. The Labute approximate surface area is 187 Å². The fourth-order valence-corrected chi connectivity index (χ4v) is 3.95. The number of nitro groups is 1. The van der Waals surface area contributed by atoms with Gasteiger partial charge in [-0.1, -0.05) is 24.3 Å². The summed E-state index contributed by atoms with van der Waals surface area (Å²) >= 11 is 0. The van der Waals surface area contributed by atoms with Crippen molar-refractivity contribution in [1.82, 2.24) is 9.78 Å². The van der Waals surface area contributed by atoms with Gasteiger partial charge in [0.25, 0.3) is 11.3 Å². The first kappa shape index (κ1) is 21.6. The van der Waals surface area contributed by atoms with Gasteiger partial charge in [-0.3, -0.25) is 14.9 Å². The van der Waals surface area contributed by atoms with E-state index in [1.807, 2.05) is 6.07 Å². The highest BCUT2D eigenvalue weighted by atomic mass is 16.6. The molecule has 1 N–H and O–H groups in total. The summed E-state index contributed by atoms with van der Waals surface area (Å²) < 4.78 is 11.5. The molecule has 33 heavy (non-hydrogen) atoms. The van der Waals surface area contributed by atoms with E-state index in [1.54, 1.807) is 48.5 Å². The van der Waals surface area contributed by atoms with Crippen LogP contribution in [0.2, 0.25) is 0 Å². The van der Waals surface area contributed by atoms with Crippen LogP contribution in [-0.2, 0) is 6.42 Å². The number of aliphatic hydroxyl groups is 1. The van der Waals surface area contributed by atoms with Crippen LogP contribution in [0.25, 0.3) is 11.4 Å². The van der Waals surface area contributed by atoms with Crippen molar-refractivity contribution >= 4 is 5.76 Å². The molecule has 1 aliphatic rings. The van der Waals surface area contributed by atoms with Gasteiger partial charge in [-0.2, -0.15) is 15.0 Å². The second kappa shape index (κ2) is 8.47. The molecule has 0 fully saturated rings. The summed E-state index contributed by atoms with van der Waals surface area (Å²) in [6.45, 7) is 0. The van der Waals surface area contributed by atoms with Gasteiger partial charge in [0, 0.05) is 5.56 Å². The number of allylic oxidation sites excluding steroid dienone is 1. The molecule has 0 spiro atoms. The van der Waals surface area contributed by atoms with Crippen molar-refractivity contribution in [2.45, 2.75) is 12.3 Å². The molecule has 1 aliphatic carbocycles. The van der Waals surface area contributed by atoms with Crippen molar-refractivity contribution in [1.29, 1.82) is 5.26 Å². The zero-order valence-corrected chi connectivity index (χ0v) is 17.7. The zero-order chi connectivity index (χ0) is 23.7. The number of benzene rings is 2. The summed E-state index contributed by atoms with van der Waals surface area (Å²) in [5.41, 5.74) is -0.596. The van der Waals surface area contributed by atoms with E-state index in [1.165, 1.54) is 14.2 Å². The van der Waals surface area contributed by atoms with Crippen molar-refractivity contribution in [3.05, 3.63) is 97.1 Å². The monoisotopic (exact) mass is 446 g/mol. The Morgan fingerprint density at radius 3 is 2.48 bits per heavy atom. The number of aromatic nitrogens is 2. The minimum absolute atomic E-state index is 0.0774. The lowest BCUT2D eigenvalue weighted by molar-refractivity contribution is -0.430. The van der Waals surface area contributed by atoms with Crippen LogP contribution in [0.15, 0.2) is 59.0 Å². The SMILES string of the molecule is COc1ccc(C2Cc3c(nn(-c4ccccc4)c(=O)c3C#N)C(O)=C2[N+](=O)[O-])cc1OC. The van der Waals surface area contributed by atoms with E-state index < -0.39 is 27.9 Å². The molecular weight excluding hydrogens is 428 g/mol. The largest absolute Gasteiger partial charge is 0.501 e. The lowest BCUT2D eigenvalue weighted by atomic mass is 9.82. The van der Waals surface area contributed by atoms with Gasteiger partial charge in [0.15, 0.2) is 11.5 Å². The van der Waals surface area contributed by atoms with Crippen molar-refractivity contribution in [3.8, 4) is 23.3 Å². The van der Waals surface area contributed by atoms with Gasteiger partial charge < -0.3 is 14.6 Å². The van der Waals surface area contributed by atoms with Gasteiger partial charge in [0.2, 0.25) is 5.76 Å². The number of nitrogens with zero attached hydrogens (tertiary/aromatic N) is 4. The fraction of sp³-hybridized carbons (Fsp3) is 0.174. The molecule has 2 aromatic carbocycles. The summed E-state index contributed by atoms with van der Waals surface area (Å²) in [5.74, 6) is -0.866. The van der Waals surface area contributed by atoms with Crippen LogP contribution < -0.4 is 15.0 Å². The summed E-state index contributed by atoms with van der Waals surface area (Å²) in [6.07, 6.45) is -0.0774. The predicted molar refractivity (Wildman–Crippen MR) is 117 cm³/mol. The smallest absolute Gasteiger partial charge is 0.297 e. The van der Waals surface area contributed by atoms with Crippen LogP contribution in [0.5, 0.6) is 11.5 Å². The van der Waals surface area contributed by atoms with E-state index >= 15 is 0 Å². The van der Waals surface area contributed by atoms with Crippen molar-refractivity contribution in [2.75, 3.05) is 14.2 Å². The number of para-hydroxylation sites is 1. The molecule has 0 saturated heterocycles. The van der Waals surface area contributed by atoms with E-state index in [0.717, 1.165) is 4.68 Å². The Hall–Kier alpha value is -4.65. The third-order valence-corrected chi connectivity index (χ3v) is 5.52. The molecule has 10 heteroatoms. The van der Waals surface area contributed by atoms with Crippen LogP contribution in [0.1, 0.15) is 28.3 Å². The molecule has 1 heterocycles. The number of rotatable bonds is 5. The maximum Gasteiger partial charge on any atom is 0.297 e. The first-order chi connectivity index (χ1) is 15.9. The number of nitriles is 1. The van der Waals surface area contributed by atoms with Gasteiger partial charge in [0.1, 0.15) is 17.3 Å². The highest BCUT2D eigenvalue weighted by molar-refractivity contribution is 5.67. The Morgan fingerprint density at radius 1 is 1.18 bits per heavy atom. The molecule has 166 valence electrons. The van der Waals surface area contributed by atoms with E-state index in [9.17, 15) is 25.3 Å². The van der Waals surface area contributed by atoms with E-state index in [2.05, 4.69) is 5.10 Å². The molecule has 3 aromatic rings. The molecule has 1 unspecified atom stereocenters. The Kier molecular flexibility index (Phi) is 5.54. The van der Waals surface area contributed by atoms with Crippen LogP contribution in [0, 0.1) is 21.4 Å². The maximum absolute atomic E-state index is 13.0. The van der Waals surface area contributed by atoms with Crippen molar-refractivity contribution in [2.24, 2.45) is 0 Å². The summed E-state index contributed by atoms with van der Waals surface area (Å²) in [7, 11) is 2.90. The number of ether oxygens (including phenoxy) is 2. The van der Waals surface area contributed by atoms with E-state index in [0.29, 0.717) is 22.7 Å². The normalized spacial score (nSPS) is 14.9. The molecular formula is C23H18N4O6. The topological polar surface area (TPSA) is 141 Å². The lowest BCUT2D eigenvalue weighted by Gasteiger charge is -2.24. The van der Waals surface area contributed by atoms with E-state index in [4.69, 9.17) is 9.47 Å². The second-order valence-electron chi connectivity index (χ2n) is 7.23. The van der Waals surface area contributed by atoms with Gasteiger partial charge in [0.05, 0.1) is 30.7 Å². The number of methoxy groups -OCH3 is 2. The Morgan fingerprint density at radius 2 is 1.88 bits per heavy atom. The van der Waals surface area contributed by atoms with Crippen LogP contribution in [-0.4, -0.2) is 34.0 Å². The minimum atomic E-state index is -0.951. The number of hydrogen-bond acceptors (Lipinski definition) is 8. The quantitative estimate of drug-likeness (QED) is 0.466. The molecule has 0 amide bonds. The Balaban J connectivity index is 1.97. The second-order valence-corrected chi connectivity index (χ2v) is 7.23. The van der Waals surface area contributed by atoms with Crippen LogP contribution in [0.4, 0.5) is 0 Å². The van der Waals surface area contributed by atoms with Crippen LogP contribution in [0.3, 0.4) is 0 Å². The number of hydrogen-bond donors (Lipinski definition) is 1. The average Bonchev–Trinajstić information content (AvgIpc) is 2.83. The van der Waals surface area contributed by atoms with E-state index in [-0.39, 0.29) is 23.2 Å². The highest BCUT2D eigenvalue weighted by Gasteiger charge is 2.40. The summed E-state index contributed by atoms with van der Waals surface area (Å²) in [4.78, 5) is 24.3. The molecule has 10 nitrogen and oxygen atoms in total. The predicted octanol–water partition coefficient (Wildman–Crippen LogP) is 2.96. The molecule has 4 rings (SSSR count). The molecule has 1 aromatic heterocycles. The molecule has 0 saturated carbocycles. The Bertz CT molecular complexity index is 1390. The molecule has 0 radical (unpaired) electrons. The van der Waals surface area contributed by atoms with Crippen molar-refractivity contribution < 1.29 is 19.5 Å². The first-order valence-corrected chi connectivity index (χ1v) is 9.82. The molecule has 0 aliphatic heterocycles. The zero-order valence-electron chi connectivity index (χ0n) is 17.7. The van der Waals surface area contributed by atoms with Crippen LogP contribution >= 0.6 is 0 Å². The molecule has 1 atom stereocenters. The lowest BCUT2D eigenvalue weighted by Crippen LogP contribution is -2.31. The third kappa shape index (κ3) is 3.55. The van der Waals surface area contributed by atoms with Gasteiger partial charge in [-0.25, -0.2) is 0 Å². The van der Waals surface area contributed by atoms with Gasteiger partial charge >= 0.3 is 0 Å². The van der Waals surface area contributed by atoms with Gasteiger partial charge in [-0.15, -0.1) is 0 Å². The highest BCUT2D eigenvalue weighted by Crippen LogP contribution is 2.41. The maximum atomic E-state index is 13.0. The standard InChI is InChI=1S/C23H18N4O6/c1-32-18-9-8-13(10-19(18)33-2)15-11-16-17(12-24)23(29)26(14-6-4-3-5-7-14)25-20(16)22(28)21(15)27(30)31/h3-10,15,28H,11H2,1-2H3. The molecule has 0 bridgehead atoms.